The zero-order valence-electron chi connectivity index (χ0n) is 13.3. The summed E-state index contributed by atoms with van der Waals surface area (Å²) in [6.45, 7) is 5.20. The summed E-state index contributed by atoms with van der Waals surface area (Å²) in [4.78, 5) is 13.9. The smallest absolute Gasteiger partial charge is 0.234 e. The van der Waals surface area contributed by atoms with Gasteiger partial charge in [-0.3, -0.25) is 9.69 Å². The molecule has 0 heterocycles. The SMILES string of the molecule is CCCC(C)NC(=O)CN(C)Cc1cc(Br)ccc1OC. The molecule has 0 aliphatic rings. The van der Waals surface area contributed by atoms with Gasteiger partial charge < -0.3 is 10.1 Å². The second-order valence-electron chi connectivity index (χ2n) is 5.39. The van der Waals surface area contributed by atoms with E-state index in [-0.39, 0.29) is 11.9 Å². The summed E-state index contributed by atoms with van der Waals surface area (Å²) in [5.41, 5.74) is 1.06. The first-order chi connectivity index (χ1) is 9.96. The summed E-state index contributed by atoms with van der Waals surface area (Å²) < 4.78 is 6.36. The average Bonchev–Trinajstić information content (AvgIpc) is 2.38. The van der Waals surface area contributed by atoms with Crippen molar-refractivity contribution in [1.82, 2.24) is 10.2 Å². The molecule has 0 saturated carbocycles. The summed E-state index contributed by atoms with van der Waals surface area (Å²) in [7, 11) is 3.59. The van der Waals surface area contributed by atoms with Crippen molar-refractivity contribution in [2.45, 2.75) is 39.3 Å². The Morgan fingerprint density at radius 2 is 2.19 bits per heavy atom. The largest absolute Gasteiger partial charge is 0.496 e. The number of amides is 1. The normalized spacial score (nSPS) is 12.3. The molecule has 5 heteroatoms. The molecule has 4 nitrogen and oxygen atoms in total. The molecule has 118 valence electrons. The van der Waals surface area contributed by atoms with E-state index in [0.29, 0.717) is 13.1 Å². The summed E-state index contributed by atoms with van der Waals surface area (Å²) in [6.07, 6.45) is 2.08. The van der Waals surface area contributed by atoms with Gasteiger partial charge in [0.05, 0.1) is 13.7 Å². The second-order valence-corrected chi connectivity index (χ2v) is 6.30. The molecule has 1 rings (SSSR count). The van der Waals surface area contributed by atoms with Crippen molar-refractivity contribution < 1.29 is 9.53 Å². The topological polar surface area (TPSA) is 41.6 Å². The number of rotatable bonds is 8. The van der Waals surface area contributed by atoms with Crippen LogP contribution >= 0.6 is 15.9 Å². The molecular formula is C16H25BrN2O2. The van der Waals surface area contributed by atoms with Crippen LogP contribution in [0, 0.1) is 0 Å². The van der Waals surface area contributed by atoms with Crippen LogP contribution in [0.4, 0.5) is 0 Å². The Morgan fingerprint density at radius 1 is 1.48 bits per heavy atom. The molecule has 1 unspecified atom stereocenters. The Labute approximate surface area is 136 Å². The van der Waals surface area contributed by atoms with Gasteiger partial charge in [-0.2, -0.15) is 0 Å². The van der Waals surface area contributed by atoms with Crippen molar-refractivity contribution >= 4 is 21.8 Å². The highest BCUT2D eigenvalue weighted by Gasteiger charge is 2.12. The Kier molecular flexibility index (Phi) is 7.75. The Balaban J connectivity index is 2.55. The predicted octanol–water partition coefficient (Wildman–Crippen LogP) is 3.19. The third kappa shape index (κ3) is 6.48. The molecular weight excluding hydrogens is 332 g/mol. The van der Waals surface area contributed by atoms with E-state index in [1.165, 1.54) is 0 Å². The molecule has 0 fully saturated rings. The summed E-state index contributed by atoms with van der Waals surface area (Å²) in [5.74, 6) is 0.900. The van der Waals surface area contributed by atoms with Gasteiger partial charge in [0.25, 0.3) is 0 Å². The first-order valence-corrected chi connectivity index (χ1v) is 8.05. The monoisotopic (exact) mass is 356 g/mol. The Morgan fingerprint density at radius 3 is 2.81 bits per heavy atom. The molecule has 1 atom stereocenters. The van der Waals surface area contributed by atoms with Crippen molar-refractivity contribution in [3.05, 3.63) is 28.2 Å². The number of benzene rings is 1. The van der Waals surface area contributed by atoms with Crippen LogP contribution in [0.3, 0.4) is 0 Å². The minimum absolute atomic E-state index is 0.0624. The van der Waals surface area contributed by atoms with E-state index in [4.69, 9.17) is 4.74 Å². The number of carbonyl (C=O) groups excluding carboxylic acids is 1. The zero-order chi connectivity index (χ0) is 15.8. The van der Waals surface area contributed by atoms with E-state index in [1.54, 1.807) is 7.11 Å². The van der Waals surface area contributed by atoms with Gasteiger partial charge in [-0.1, -0.05) is 29.3 Å². The molecule has 0 radical (unpaired) electrons. The molecule has 1 N–H and O–H groups in total. The minimum atomic E-state index is 0.0624. The van der Waals surface area contributed by atoms with Gasteiger partial charge in [0, 0.05) is 22.6 Å². The average molecular weight is 357 g/mol. The number of halogens is 1. The minimum Gasteiger partial charge on any atom is -0.496 e. The highest BCUT2D eigenvalue weighted by atomic mass is 79.9. The van der Waals surface area contributed by atoms with Crippen molar-refractivity contribution in [2.24, 2.45) is 0 Å². The van der Waals surface area contributed by atoms with E-state index in [0.717, 1.165) is 28.6 Å². The number of nitrogens with zero attached hydrogens (tertiary/aromatic N) is 1. The number of nitrogens with one attached hydrogen (secondary N) is 1. The maximum Gasteiger partial charge on any atom is 0.234 e. The maximum absolute atomic E-state index is 12.0. The maximum atomic E-state index is 12.0. The predicted molar refractivity (Wildman–Crippen MR) is 89.5 cm³/mol. The van der Waals surface area contributed by atoms with Crippen LogP contribution in [0.25, 0.3) is 0 Å². The van der Waals surface area contributed by atoms with E-state index >= 15 is 0 Å². The zero-order valence-corrected chi connectivity index (χ0v) is 14.9. The summed E-state index contributed by atoms with van der Waals surface area (Å²) in [5, 5.41) is 3.02. The standard InChI is InChI=1S/C16H25BrN2O2/c1-5-6-12(2)18-16(20)11-19(3)10-13-9-14(17)7-8-15(13)21-4/h7-9,12H,5-6,10-11H2,1-4H3,(H,18,20). The van der Waals surface area contributed by atoms with Crippen LogP contribution in [0.1, 0.15) is 32.3 Å². The molecule has 0 aliphatic heterocycles. The van der Waals surface area contributed by atoms with Gasteiger partial charge in [-0.25, -0.2) is 0 Å². The number of likely N-dealkylation sites (N-methyl/N-ethyl adjacent to an activating group) is 1. The fourth-order valence-electron chi connectivity index (χ4n) is 2.29. The van der Waals surface area contributed by atoms with E-state index in [1.807, 2.05) is 37.1 Å². The lowest BCUT2D eigenvalue weighted by atomic mass is 10.2. The molecule has 1 aromatic carbocycles. The summed E-state index contributed by atoms with van der Waals surface area (Å²) in [6, 6.07) is 6.13. The third-order valence-electron chi connectivity index (χ3n) is 3.23. The fraction of sp³-hybridized carbons (Fsp3) is 0.562. The van der Waals surface area contributed by atoms with Crippen LogP contribution in [0.2, 0.25) is 0 Å². The molecule has 21 heavy (non-hydrogen) atoms. The lowest BCUT2D eigenvalue weighted by Gasteiger charge is -2.20. The number of hydrogen-bond acceptors (Lipinski definition) is 3. The number of methoxy groups -OCH3 is 1. The molecule has 0 aromatic heterocycles. The van der Waals surface area contributed by atoms with Gasteiger partial charge >= 0.3 is 0 Å². The summed E-state index contributed by atoms with van der Waals surface area (Å²) >= 11 is 3.46. The first kappa shape index (κ1) is 18.0. The molecule has 1 amide bonds. The quantitative estimate of drug-likeness (QED) is 0.777. The Bertz CT molecular complexity index is 466. The molecule has 1 aromatic rings. The highest BCUT2D eigenvalue weighted by Crippen LogP contribution is 2.23. The van der Waals surface area contributed by atoms with Crippen molar-refractivity contribution in [3.63, 3.8) is 0 Å². The van der Waals surface area contributed by atoms with Gasteiger partial charge in [0.1, 0.15) is 5.75 Å². The lowest BCUT2D eigenvalue weighted by Crippen LogP contribution is -2.39. The number of ether oxygens (including phenoxy) is 1. The van der Waals surface area contributed by atoms with Gasteiger partial charge in [0.2, 0.25) is 5.91 Å². The molecule has 0 saturated heterocycles. The van der Waals surface area contributed by atoms with Crippen LogP contribution in [0.5, 0.6) is 5.75 Å². The van der Waals surface area contributed by atoms with E-state index < -0.39 is 0 Å². The van der Waals surface area contributed by atoms with E-state index in [2.05, 4.69) is 28.2 Å². The fourth-order valence-corrected chi connectivity index (χ4v) is 2.70. The first-order valence-electron chi connectivity index (χ1n) is 7.26. The molecule has 0 bridgehead atoms. The second kappa shape index (κ2) is 9.05. The lowest BCUT2D eigenvalue weighted by molar-refractivity contribution is -0.122. The van der Waals surface area contributed by atoms with Gasteiger partial charge in [-0.15, -0.1) is 0 Å². The third-order valence-corrected chi connectivity index (χ3v) is 3.72. The van der Waals surface area contributed by atoms with Gasteiger partial charge in [-0.05, 0) is 38.6 Å². The Hall–Kier alpha value is -1.07. The van der Waals surface area contributed by atoms with Gasteiger partial charge in [0.15, 0.2) is 0 Å². The van der Waals surface area contributed by atoms with E-state index in [9.17, 15) is 4.79 Å². The van der Waals surface area contributed by atoms with Crippen LogP contribution < -0.4 is 10.1 Å². The van der Waals surface area contributed by atoms with Crippen molar-refractivity contribution in [2.75, 3.05) is 20.7 Å². The van der Waals surface area contributed by atoms with Crippen LogP contribution in [-0.2, 0) is 11.3 Å². The van der Waals surface area contributed by atoms with Crippen LogP contribution in [0.15, 0.2) is 22.7 Å². The molecule has 0 spiro atoms. The van der Waals surface area contributed by atoms with Crippen molar-refractivity contribution in [3.8, 4) is 5.75 Å². The number of hydrogen-bond donors (Lipinski definition) is 1. The highest BCUT2D eigenvalue weighted by molar-refractivity contribution is 9.10. The van der Waals surface area contributed by atoms with Crippen molar-refractivity contribution in [1.29, 1.82) is 0 Å². The molecule has 0 aliphatic carbocycles. The van der Waals surface area contributed by atoms with Crippen LogP contribution in [-0.4, -0.2) is 37.6 Å². The number of carbonyl (C=O) groups is 1.